The van der Waals surface area contributed by atoms with E-state index in [1.54, 1.807) is 0 Å². The number of hydrogen-bond donors (Lipinski definition) is 0. The first-order valence-electron chi connectivity index (χ1n) is 10.8. The SMILES string of the molecule is CCN1C(=Cc2sc(-c3ccccc3)c(-c3ccccc3)[n+]2CC[S-])Sc2ccccc21. The van der Waals surface area contributed by atoms with E-state index in [0.717, 1.165) is 13.1 Å². The predicted octanol–water partition coefficient (Wildman–Crippen LogP) is 6.85. The number of nitrogens with zero attached hydrogens (tertiary/aromatic N) is 2. The van der Waals surface area contributed by atoms with E-state index >= 15 is 0 Å². The molecule has 1 aromatic heterocycles. The maximum absolute atomic E-state index is 5.46. The number of hydrogen-bond acceptors (Lipinski definition) is 4. The molecule has 5 heteroatoms. The molecule has 160 valence electrons. The fraction of sp³-hybridized carbons (Fsp3) is 0.148. The van der Waals surface area contributed by atoms with Gasteiger partial charge in [0.25, 0.3) is 5.01 Å². The summed E-state index contributed by atoms with van der Waals surface area (Å²) in [6.07, 6.45) is 2.35. The molecule has 0 saturated carbocycles. The van der Waals surface area contributed by atoms with E-state index in [1.807, 2.05) is 23.1 Å². The molecule has 0 unspecified atom stereocenters. The van der Waals surface area contributed by atoms with Gasteiger partial charge in [-0.25, -0.2) is 0 Å². The maximum atomic E-state index is 5.46. The lowest BCUT2D eigenvalue weighted by atomic mass is 10.1. The summed E-state index contributed by atoms with van der Waals surface area (Å²) in [7, 11) is 0. The minimum absolute atomic E-state index is 0.677. The molecule has 2 heterocycles. The van der Waals surface area contributed by atoms with Gasteiger partial charge < -0.3 is 17.5 Å². The molecule has 4 aromatic rings. The fourth-order valence-electron chi connectivity index (χ4n) is 4.12. The summed E-state index contributed by atoms with van der Waals surface area (Å²) in [6.45, 7) is 3.97. The highest BCUT2D eigenvalue weighted by Gasteiger charge is 2.30. The third-order valence-electron chi connectivity index (χ3n) is 5.56. The maximum Gasteiger partial charge on any atom is 0.265 e. The zero-order chi connectivity index (χ0) is 21.9. The van der Waals surface area contributed by atoms with Gasteiger partial charge in [-0.1, -0.05) is 83.8 Å². The first kappa shape index (κ1) is 21.4. The molecule has 3 aromatic carbocycles. The Morgan fingerprint density at radius 1 is 0.875 bits per heavy atom. The Balaban J connectivity index is 1.70. The molecule has 0 atom stereocenters. The summed E-state index contributed by atoms with van der Waals surface area (Å²) < 4.78 is 2.42. The van der Waals surface area contributed by atoms with Gasteiger partial charge in [-0.2, -0.15) is 4.57 Å². The van der Waals surface area contributed by atoms with Crippen LogP contribution >= 0.6 is 23.1 Å². The molecule has 2 nitrogen and oxygen atoms in total. The number of aromatic nitrogens is 1. The van der Waals surface area contributed by atoms with Crippen molar-refractivity contribution in [2.24, 2.45) is 0 Å². The Labute approximate surface area is 203 Å². The molecule has 1 aliphatic heterocycles. The van der Waals surface area contributed by atoms with E-state index < -0.39 is 0 Å². The minimum atomic E-state index is 0.677. The summed E-state index contributed by atoms with van der Waals surface area (Å²) in [5.74, 6) is 0.677. The number of anilines is 1. The first-order valence-corrected chi connectivity index (χ1v) is 13.0. The van der Waals surface area contributed by atoms with Gasteiger partial charge in [-0.05, 0) is 36.8 Å². The second kappa shape index (κ2) is 9.57. The van der Waals surface area contributed by atoms with Crippen LogP contribution < -0.4 is 9.47 Å². The van der Waals surface area contributed by atoms with Crippen molar-refractivity contribution in [3.05, 3.63) is 95.0 Å². The van der Waals surface area contributed by atoms with Crippen LogP contribution in [-0.4, -0.2) is 12.3 Å². The Bertz CT molecular complexity index is 1250. The lowest BCUT2D eigenvalue weighted by molar-refractivity contribution is -0.678. The van der Waals surface area contributed by atoms with Crippen molar-refractivity contribution in [1.82, 2.24) is 0 Å². The molecule has 0 radical (unpaired) electrons. The standard InChI is InChI=1S/C27H24N2S3/c1-2-28-22-15-9-10-16-23(22)31-24(28)19-25-29(17-18-30)26(20-11-5-3-6-12-20)27(32-25)21-13-7-4-8-14-21/h3-16,19H,2,17-18H2,1H3. The number of thioether (sulfide) groups is 1. The highest BCUT2D eigenvalue weighted by molar-refractivity contribution is 8.03. The van der Waals surface area contributed by atoms with Crippen LogP contribution in [0.5, 0.6) is 0 Å². The lowest BCUT2D eigenvalue weighted by Crippen LogP contribution is -2.38. The summed E-state index contributed by atoms with van der Waals surface area (Å²) in [4.78, 5) is 5.01. The second-order valence-electron chi connectivity index (χ2n) is 7.50. The third kappa shape index (κ3) is 4.01. The van der Waals surface area contributed by atoms with Crippen LogP contribution in [-0.2, 0) is 19.2 Å². The van der Waals surface area contributed by atoms with Crippen LogP contribution in [0.1, 0.15) is 11.9 Å². The molecule has 0 bridgehead atoms. The monoisotopic (exact) mass is 472 g/mol. The zero-order valence-electron chi connectivity index (χ0n) is 17.9. The van der Waals surface area contributed by atoms with Gasteiger partial charge in [0.2, 0.25) is 5.69 Å². The molecule has 0 spiro atoms. The summed E-state index contributed by atoms with van der Waals surface area (Å²) in [6, 6.07) is 30.0. The van der Waals surface area contributed by atoms with E-state index in [0.29, 0.717) is 5.75 Å². The number of thiazole rings is 1. The second-order valence-corrected chi connectivity index (χ2v) is 10.0. The smallest absolute Gasteiger partial charge is 0.265 e. The highest BCUT2D eigenvalue weighted by atomic mass is 32.2. The van der Waals surface area contributed by atoms with Gasteiger partial charge in [0.1, 0.15) is 11.4 Å². The number of benzene rings is 3. The quantitative estimate of drug-likeness (QED) is 0.224. The third-order valence-corrected chi connectivity index (χ3v) is 8.03. The largest absolute Gasteiger partial charge is 0.787 e. The number of rotatable bonds is 6. The van der Waals surface area contributed by atoms with Crippen LogP contribution in [0.4, 0.5) is 5.69 Å². The highest BCUT2D eigenvalue weighted by Crippen LogP contribution is 2.47. The summed E-state index contributed by atoms with van der Waals surface area (Å²) in [5, 5.41) is 2.51. The number of fused-ring (bicyclic) bond motifs is 1. The molecule has 5 rings (SSSR count). The van der Waals surface area contributed by atoms with Gasteiger partial charge in [0.05, 0.1) is 16.8 Å². The van der Waals surface area contributed by atoms with Crippen molar-refractivity contribution >= 4 is 47.5 Å². The molecule has 1 aliphatic rings. The van der Waals surface area contributed by atoms with Crippen molar-refractivity contribution in [1.29, 1.82) is 0 Å². The van der Waals surface area contributed by atoms with E-state index in [2.05, 4.69) is 107 Å². The average molecular weight is 473 g/mol. The Morgan fingerprint density at radius 3 is 2.22 bits per heavy atom. The molecular weight excluding hydrogens is 449 g/mol. The lowest BCUT2D eigenvalue weighted by Gasteiger charge is -2.17. The van der Waals surface area contributed by atoms with Gasteiger partial charge in [-0.15, -0.1) is 5.75 Å². The normalized spacial score (nSPS) is 14.2. The molecule has 32 heavy (non-hydrogen) atoms. The molecule has 0 aliphatic carbocycles. The van der Waals surface area contributed by atoms with Crippen molar-refractivity contribution < 1.29 is 4.57 Å². The van der Waals surface area contributed by atoms with Crippen LogP contribution in [0.2, 0.25) is 0 Å². The van der Waals surface area contributed by atoms with E-state index in [1.165, 1.54) is 42.3 Å². The molecule has 0 amide bonds. The van der Waals surface area contributed by atoms with Crippen molar-refractivity contribution in [3.63, 3.8) is 0 Å². The zero-order valence-corrected chi connectivity index (χ0v) is 20.4. The van der Waals surface area contributed by atoms with Gasteiger partial charge in [0.15, 0.2) is 0 Å². The van der Waals surface area contributed by atoms with Gasteiger partial charge in [-0.3, -0.25) is 0 Å². The van der Waals surface area contributed by atoms with Gasteiger partial charge in [0, 0.05) is 17.0 Å². The van der Waals surface area contributed by atoms with Crippen LogP contribution in [0.3, 0.4) is 0 Å². The Kier molecular flexibility index (Phi) is 6.39. The molecule has 0 fully saturated rings. The topological polar surface area (TPSA) is 7.12 Å². The molecular formula is C27H24N2S3. The summed E-state index contributed by atoms with van der Waals surface area (Å²) >= 11 is 9.17. The average Bonchev–Trinajstić information content (AvgIpc) is 3.38. The van der Waals surface area contributed by atoms with Crippen molar-refractivity contribution in [2.75, 3.05) is 17.2 Å². The van der Waals surface area contributed by atoms with E-state index in [9.17, 15) is 0 Å². The van der Waals surface area contributed by atoms with E-state index in [4.69, 9.17) is 12.6 Å². The van der Waals surface area contributed by atoms with Crippen LogP contribution in [0, 0.1) is 0 Å². The Hall–Kier alpha value is -2.47. The predicted molar refractivity (Wildman–Crippen MR) is 141 cm³/mol. The van der Waals surface area contributed by atoms with Gasteiger partial charge >= 0.3 is 0 Å². The van der Waals surface area contributed by atoms with Crippen molar-refractivity contribution in [2.45, 2.75) is 18.4 Å². The Morgan fingerprint density at radius 2 is 1.53 bits per heavy atom. The molecule has 0 saturated heterocycles. The van der Waals surface area contributed by atoms with Crippen molar-refractivity contribution in [3.8, 4) is 21.7 Å². The van der Waals surface area contributed by atoms with Crippen LogP contribution in [0.15, 0.2) is 94.9 Å². The van der Waals surface area contributed by atoms with E-state index in [-0.39, 0.29) is 0 Å². The first-order chi connectivity index (χ1) is 15.8. The van der Waals surface area contributed by atoms with Crippen LogP contribution in [0.25, 0.3) is 27.8 Å². The minimum Gasteiger partial charge on any atom is -0.787 e. The molecule has 0 N–H and O–H groups in total. The summed E-state index contributed by atoms with van der Waals surface area (Å²) in [5.41, 5.74) is 5.02. The number of para-hydroxylation sites is 1. The fourth-order valence-corrected chi connectivity index (χ4v) is 6.79.